The fraction of sp³-hybridized carbons (Fsp3) is 0.412. The highest BCUT2D eigenvalue weighted by Crippen LogP contribution is 2.40. The van der Waals surface area contributed by atoms with Gasteiger partial charge in [-0.05, 0) is 38.0 Å². The quantitative estimate of drug-likeness (QED) is 0.634. The monoisotopic (exact) mass is 376 g/mol. The van der Waals surface area contributed by atoms with Crippen molar-refractivity contribution in [2.75, 3.05) is 7.05 Å². The number of rotatable bonds is 4. The average Bonchev–Trinajstić information content (AvgIpc) is 3.23. The predicted molar refractivity (Wildman–Crippen MR) is 94.6 cm³/mol. The minimum atomic E-state index is 0.426. The molecule has 0 saturated heterocycles. The van der Waals surface area contributed by atoms with Gasteiger partial charge in [0.25, 0.3) is 0 Å². The number of hydrogen-bond acceptors (Lipinski definition) is 3. The number of nitrogens with one attached hydrogen (secondary N) is 2. The van der Waals surface area contributed by atoms with Crippen LogP contribution in [-0.4, -0.2) is 24.0 Å². The largest absolute Gasteiger partial charge is 0.444 e. The molecule has 1 fully saturated rings. The molecule has 5 nitrogen and oxygen atoms in total. The summed E-state index contributed by atoms with van der Waals surface area (Å²) in [5.41, 5.74) is 2.29. The van der Waals surface area contributed by atoms with Gasteiger partial charge in [-0.2, -0.15) is 0 Å². The number of benzene rings is 1. The molecule has 1 aromatic heterocycles. The van der Waals surface area contributed by atoms with Crippen molar-refractivity contribution in [1.29, 1.82) is 0 Å². The normalized spacial score (nSPS) is 20.4. The second-order valence-corrected chi connectivity index (χ2v) is 6.74. The van der Waals surface area contributed by atoms with Gasteiger partial charge in [0.2, 0.25) is 5.89 Å². The molecule has 1 heterocycles. The SMILES string of the molecule is CN=C(NCc1nc(C)c(C)o1)NC1CC1c1ccc(Br)cc1. The molecule has 2 aromatic rings. The summed E-state index contributed by atoms with van der Waals surface area (Å²) in [7, 11) is 1.78. The molecule has 6 heteroatoms. The van der Waals surface area contributed by atoms with E-state index in [0.29, 0.717) is 24.4 Å². The molecule has 0 spiro atoms. The lowest BCUT2D eigenvalue weighted by atomic mass is 10.1. The molecule has 1 saturated carbocycles. The molecule has 2 unspecified atom stereocenters. The minimum absolute atomic E-state index is 0.426. The summed E-state index contributed by atoms with van der Waals surface area (Å²) in [6.45, 7) is 4.40. The Kier molecular flexibility index (Phi) is 4.71. The van der Waals surface area contributed by atoms with Gasteiger partial charge in [0.1, 0.15) is 5.76 Å². The number of aliphatic imine (C=N–C) groups is 1. The molecule has 1 aliphatic rings. The zero-order valence-electron chi connectivity index (χ0n) is 13.6. The number of aromatic nitrogens is 1. The lowest BCUT2D eigenvalue weighted by Gasteiger charge is -2.10. The van der Waals surface area contributed by atoms with Gasteiger partial charge in [-0.25, -0.2) is 4.98 Å². The Morgan fingerprint density at radius 1 is 1.35 bits per heavy atom. The molecule has 1 aliphatic carbocycles. The topological polar surface area (TPSA) is 62.5 Å². The van der Waals surface area contributed by atoms with E-state index in [2.05, 4.69) is 60.8 Å². The standard InChI is InChI=1S/C17H21BrN4O/c1-10-11(2)23-16(21-10)9-20-17(19-3)22-15-8-14(15)12-4-6-13(18)7-5-12/h4-7,14-15H,8-9H2,1-3H3,(H2,19,20,22). The highest BCUT2D eigenvalue weighted by Gasteiger charge is 2.38. The summed E-state index contributed by atoms with van der Waals surface area (Å²) in [6.07, 6.45) is 1.12. The molecular formula is C17H21BrN4O. The average molecular weight is 377 g/mol. The second kappa shape index (κ2) is 6.74. The Hall–Kier alpha value is -1.82. The van der Waals surface area contributed by atoms with E-state index in [1.807, 2.05) is 13.8 Å². The molecule has 3 rings (SSSR count). The van der Waals surface area contributed by atoms with Gasteiger partial charge in [0, 0.05) is 23.5 Å². The molecule has 0 aliphatic heterocycles. The van der Waals surface area contributed by atoms with Gasteiger partial charge in [0.05, 0.1) is 12.2 Å². The van der Waals surface area contributed by atoms with E-state index in [4.69, 9.17) is 4.42 Å². The minimum Gasteiger partial charge on any atom is -0.444 e. The van der Waals surface area contributed by atoms with Crippen LogP contribution in [-0.2, 0) is 6.54 Å². The molecule has 23 heavy (non-hydrogen) atoms. The van der Waals surface area contributed by atoms with Crippen LogP contribution in [0.2, 0.25) is 0 Å². The van der Waals surface area contributed by atoms with E-state index < -0.39 is 0 Å². The van der Waals surface area contributed by atoms with Crippen molar-refractivity contribution in [1.82, 2.24) is 15.6 Å². The number of halogens is 1. The molecule has 0 radical (unpaired) electrons. The maximum absolute atomic E-state index is 5.57. The van der Waals surface area contributed by atoms with E-state index in [-0.39, 0.29) is 0 Å². The van der Waals surface area contributed by atoms with E-state index in [9.17, 15) is 0 Å². The smallest absolute Gasteiger partial charge is 0.214 e. The Balaban J connectivity index is 1.52. The summed E-state index contributed by atoms with van der Waals surface area (Å²) in [5.74, 6) is 2.88. The van der Waals surface area contributed by atoms with Gasteiger partial charge in [-0.1, -0.05) is 28.1 Å². The molecular weight excluding hydrogens is 356 g/mol. The van der Waals surface area contributed by atoms with Crippen molar-refractivity contribution in [3.05, 3.63) is 51.6 Å². The first-order valence-corrected chi connectivity index (χ1v) is 8.51. The number of guanidine groups is 1. The highest BCUT2D eigenvalue weighted by molar-refractivity contribution is 9.10. The van der Waals surface area contributed by atoms with Crippen LogP contribution in [0.1, 0.15) is 35.2 Å². The lowest BCUT2D eigenvalue weighted by molar-refractivity contribution is 0.463. The Labute approximate surface area is 144 Å². The summed E-state index contributed by atoms with van der Waals surface area (Å²) >= 11 is 3.47. The van der Waals surface area contributed by atoms with Crippen molar-refractivity contribution in [3.63, 3.8) is 0 Å². The maximum Gasteiger partial charge on any atom is 0.214 e. The number of hydrogen-bond donors (Lipinski definition) is 2. The fourth-order valence-electron chi connectivity index (χ4n) is 2.58. The fourth-order valence-corrected chi connectivity index (χ4v) is 2.84. The zero-order chi connectivity index (χ0) is 16.4. The predicted octanol–water partition coefficient (Wildman–Crippen LogP) is 3.28. The number of nitrogens with zero attached hydrogens (tertiary/aromatic N) is 2. The zero-order valence-corrected chi connectivity index (χ0v) is 15.1. The number of aryl methyl sites for hydroxylation is 2. The van der Waals surface area contributed by atoms with Crippen LogP contribution in [0.5, 0.6) is 0 Å². The van der Waals surface area contributed by atoms with Crippen LogP contribution in [0.3, 0.4) is 0 Å². The van der Waals surface area contributed by atoms with Crippen LogP contribution < -0.4 is 10.6 Å². The first-order valence-electron chi connectivity index (χ1n) is 7.72. The van der Waals surface area contributed by atoms with Gasteiger partial charge in [-0.3, -0.25) is 4.99 Å². The number of oxazole rings is 1. The van der Waals surface area contributed by atoms with Crippen molar-refractivity contribution >= 4 is 21.9 Å². The molecule has 122 valence electrons. The van der Waals surface area contributed by atoms with Crippen LogP contribution in [0.15, 0.2) is 38.1 Å². The first-order chi connectivity index (χ1) is 11.1. The maximum atomic E-state index is 5.57. The van der Waals surface area contributed by atoms with Gasteiger partial charge < -0.3 is 15.1 Å². The third-order valence-corrected chi connectivity index (χ3v) is 4.64. The highest BCUT2D eigenvalue weighted by atomic mass is 79.9. The van der Waals surface area contributed by atoms with E-state index >= 15 is 0 Å². The van der Waals surface area contributed by atoms with Crippen molar-refractivity contribution in [2.24, 2.45) is 4.99 Å². The van der Waals surface area contributed by atoms with Crippen molar-refractivity contribution in [2.45, 2.75) is 38.8 Å². The van der Waals surface area contributed by atoms with Crippen LogP contribution in [0.4, 0.5) is 0 Å². The summed E-state index contributed by atoms with van der Waals surface area (Å²) in [6, 6.07) is 8.95. The summed E-state index contributed by atoms with van der Waals surface area (Å²) in [5, 5.41) is 6.71. The first kappa shape index (κ1) is 16.1. The van der Waals surface area contributed by atoms with E-state index in [1.54, 1.807) is 7.05 Å². The Bertz CT molecular complexity index is 688. The summed E-state index contributed by atoms with van der Waals surface area (Å²) < 4.78 is 6.68. The summed E-state index contributed by atoms with van der Waals surface area (Å²) in [4.78, 5) is 8.64. The Morgan fingerprint density at radius 3 is 2.70 bits per heavy atom. The second-order valence-electron chi connectivity index (χ2n) is 5.82. The van der Waals surface area contributed by atoms with Gasteiger partial charge >= 0.3 is 0 Å². The third-order valence-electron chi connectivity index (χ3n) is 4.11. The molecule has 2 N–H and O–H groups in total. The molecule has 2 atom stereocenters. The molecule has 0 amide bonds. The van der Waals surface area contributed by atoms with Crippen LogP contribution in [0.25, 0.3) is 0 Å². The van der Waals surface area contributed by atoms with Gasteiger partial charge in [0.15, 0.2) is 5.96 Å². The van der Waals surface area contributed by atoms with Crippen LogP contribution >= 0.6 is 15.9 Å². The van der Waals surface area contributed by atoms with E-state index in [0.717, 1.165) is 28.3 Å². The van der Waals surface area contributed by atoms with Crippen molar-refractivity contribution in [3.8, 4) is 0 Å². The molecule has 1 aromatic carbocycles. The van der Waals surface area contributed by atoms with E-state index in [1.165, 1.54) is 5.56 Å². The van der Waals surface area contributed by atoms with Gasteiger partial charge in [-0.15, -0.1) is 0 Å². The van der Waals surface area contributed by atoms with Crippen LogP contribution in [0, 0.1) is 13.8 Å². The Morgan fingerprint density at radius 2 is 2.09 bits per heavy atom. The molecule has 0 bridgehead atoms. The third kappa shape index (κ3) is 3.93. The lowest BCUT2D eigenvalue weighted by Crippen LogP contribution is -2.38. The van der Waals surface area contributed by atoms with Crippen molar-refractivity contribution < 1.29 is 4.42 Å².